The third-order valence-corrected chi connectivity index (χ3v) is 3.26. The minimum atomic E-state index is 0.0373. The molecule has 0 saturated carbocycles. The van der Waals surface area contributed by atoms with Gasteiger partial charge in [0, 0.05) is 0 Å². The van der Waals surface area contributed by atoms with Crippen LogP contribution in [-0.4, -0.2) is 11.2 Å². The van der Waals surface area contributed by atoms with Crippen LogP contribution in [0.1, 0.15) is 23.6 Å². The first kappa shape index (κ1) is 12.5. The third-order valence-electron chi connectivity index (χ3n) is 3.26. The second-order valence-corrected chi connectivity index (χ2v) is 4.88. The number of hydrogen-bond acceptors (Lipinski definition) is 2. The molecule has 0 bridgehead atoms. The third kappa shape index (κ3) is 2.59. The van der Waals surface area contributed by atoms with E-state index in [0.29, 0.717) is 0 Å². The van der Waals surface area contributed by atoms with E-state index in [2.05, 4.69) is 0 Å². The fourth-order valence-corrected chi connectivity index (χ4v) is 2.22. The van der Waals surface area contributed by atoms with Gasteiger partial charge in [0.25, 0.3) is 0 Å². The van der Waals surface area contributed by atoms with Crippen LogP contribution in [0, 0.1) is 0 Å². The number of hydrogen-bond donors (Lipinski definition) is 1. The van der Waals surface area contributed by atoms with Crippen molar-refractivity contribution >= 4 is 18.2 Å². The number of phenols is 1. The monoisotopic (exact) mass is 264 g/mol. The van der Waals surface area contributed by atoms with Crippen LogP contribution < -0.4 is 4.74 Å². The summed E-state index contributed by atoms with van der Waals surface area (Å²) >= 11 is 0. The lowest BCUT2D eigenvalue weighted by Gasteiger charge is -2.19. The first-order valence-corrected chi connectivity index (χ1v) is 6.67. The molecule has 20 heavy (non-hydrogen) atoms. The molecular formula is C18H16O2. The molecule has 1 N–H and O–H groups in total. The Morgan fingerprint density at radius 1 is 1.05 bits per heavy atom. The predicted octanol–water partition coefficient (Wildman–Crippen LogP) is 4.36. The molecule has 1 atom stereocenters. The van der Waals surface area contributed by atoms with Crippen LogP contribution in [0.5, 0.6) is 11.5 Å². The fourth-order valence-electron chi connectivity index (χ4n) is 2.22. The lowest BCUT2D eigenvalue weighted by atomic mass is 10.0. The molecule has 2 nitrogen and oxygen atoms in total. The minimum absolute atomic E-state index is 0.0373. The van der Waals surface area contributed by atoms with E-state index >= 15 is 0 Å². The van der Waals surface area contributed by atoms with Crippen LogP contribution in [0.25, 0.3) is 18.2 Å². The van der Waals surface area contributed by atoms with Gasteiger partial charge in [-0.1, -0.05) is 42.5 Å². The van der Waals surface area contributed by atoms with Crippen LogP contribution >= 0.6 is 0 Å². The van der Waals surface area contributed by atoms with E-state index in [0.717, 1.165) is 22.4 Å². The van der Waals surface area contributed by atoms with Gasteiger partial charge < -0.3 is 9.84 Å². The summed E-state index contributed by atoms with van der Waals surface area (Å²) in [6.45, 7) is 1.98. The minimum Gasteiger partial charge on any atom is -0.507 e. The van der Waals surface area contributed by atoms with Gasteiger partial charge in [0.2, 0.25) is 0 Å². The molecule has 0 fully saturated rings. The van der Waals surface area contributed by atoms with Crippen molar-refractivity contribution in [3.63, 3.8) is 0 Å². The van der Waals surface area contributed by atoms with E-state index in [9.17, 15) is 5.11 Å². The summed E-state index contributed by atoms with van der Waals surface area (Å²) in [5.74, 6) is 0.978. The van der Waals surface area contributed by atoms with E-state index in [1.807, 2.05) is 67.6 Å². The SMILES string of the molecule is CC1C=Cc2c(O)cc(/C=C/c3ccccc3)cc2O1. The average molecular weight is 264 g/mol. The van der Waals surface area contributed by atoms with Crippen molar-refractivity contribution in [1.82, 2.24) is 0 Å². The summed E-state index contributed by atoms with van der Waals surface area (Å²) in [5.41, 5.74) is 2.80. The lowest BCUT2D eigenvalue weighted by molar-refractivity contribution is 0.264. The molecule has 100 valence electrons. The van der Waals surface area contributed by atoms with Gasteiger partial charge in [-0.05, 0) is 42.3 Å². The maximum absolute atomic E-state index is 10.1. The maximum atomic E-state index is 10.1. The summed E-state index contributed by atoms with van der Waals surface area (Å²) in [4.78, 5) is 0. The van der Waals surface area contributed by atoms with Gasteiger partial charge in [-0.2, -0.15) is 0 Å². The van der Waals surface area contributed by atoms with Crippen molar-refractivity contribution < 1.29 is 9.84 Å². The maximum Gasteiger partial charge on any atom is 0.131 e. The molecule has 0 spiro atoms. The summed E-state index contributed by atoms with van der Waals surface area (Å²) < 4.78 is 5.72. The fraction of sp³-hybridized carbons (Fsp3) is 0.111. The van der Waals surface area contributed by atoms with Gasteiger partial charge >= 0.3 is 0 Å². The van der Waals surface area contributed by atoms with Crippen molar-refractivity contribution in [1.29, 1.82) is 0 Å². The molecule has 1 unspecified atom stereocenters. The molecule has 2 aromatic carbocycles. The second kappa shape index (κ2) is 5.25. The smallest absolute Gasteiger partial charge is 0.131 e. The zero-order valence-electron chi connectivity index (χ0n) is 11.3. The first-order valence-electron chi connectivity index (χ1n) is 6.67. The molecular weight excluding hydrogens is 248 g/mol. The van der Waals surface area contributed by atoms with E-state index < -0.39 is 0 Å². The Hall–Kier alpha value is -2.48. The van der Waals surface area contributed by atoms with Crippen LogP contribution in [0.2, 0.25) is 0 Å². The van der Waals surface area contributed by atoms with Gasteiger partial charge in [0.15, 0.2) is 0 Å². The Labute approximate surface area is 118 Å². The highest BCUT2D eigenvalue weighted by Crippen LogP contribution is 2.35. The average Bonchev–Trinajstić information content (AvgIpc) is 2.46. The standard InChI is InChI=1S/C18H16O2/c1-13-7-10-16-17(19)11-15(12-18(16)20-13)9-8-14-5-3-2-4-6-14/h2-13,19H,1H3/b9-8+. The van der Waals surface area contributed by atoms with Crippen molar-refractivity contribution in [2.45, 2.75) is 13.0 Å². The summed E-state index contributed by atoms with van der Waals surface area (Å²) in [5, 5.41) is 10.1. The predicted molar refractivity (Wildman–Crippen MR) is 82.6 cm³/mol. The number of fused-ring (bicyclic) bond motifs is 1. The van der Waals surface area contributed by atoms with Crippen molar-refractivity contribution in [2.24, 2.45) is 0 Å². The Morgan fingerprint density at radius 2 is 1.80 bits per heavy atom. The second-order valence-electron chi connectivity index (χ2n) is 4.88. The Kier molecular flexibility index (Phi) is 3.30. The Morgan fingerprint density at radius 3 is 2.60 bits per heavy atom. The molecule has 1 heterocycles. The largest absolute Gasteiger partial charge is 0.507 e. The number of phenolic OH excluding ortho intramolecular Hbond substituents is 1. The Balaban J connectivity index is 1.92. The van der Waals surface area contributed by atoms with Gasteiger partial charge in [-0.3, -0.25) is 0 Å². The molecule has 1 aliphatic rings. The van der Waals surface area contributed by atoms with Crippen LogP contribution in [-0.2, 0) is 0 Å². The van der Waals surface area contributed by atoms with Crippen molar-refractivity contribution in [2.75, 3.05) is 0 Å². The molecule has 0 amide bonds. The van der Waals surface area contributed by atoms with Crippen molar-refractivity contribution in [3.05, 3.63) is 65.2 Å². The highest BCUT2D eigenvalue weighted by atomic mass is 16.5. The number of benzene rings is 2. The van der Waals surface area contributed by atoms with Gasteiger partial charge in [0.05, 0.1) is 5.56 Å². The highest BCUT2D eigenvalue weighted by molar-refractivity contribution is 5.75. The molecule has 0 saturated heterocycles. The van der Waals surface area contributed by atoms with E-state index in [-0.39, 0.29) is 11.9 Å². The molecule has 0 aliphatic carbocycles. The number of aromatic hydroxyl groups is 1. The Bertz CT molecular complexity index is 669. The summed E-state index contributed by atoms with van der Waals surface area (Å²) in [6.07, 6.45) is 7.87. The quantitative estimate of drug-likeness (QED) is 0.817. The van der Waals surface area contributed by atoms with Crippen molar-refractivity contribution in [3.8, 4) is 11.5 Å². The van der Waals surface area contributed by atoms with E-state index in [1.54, 1.807) is 6.07 Å². The molecule has 0 aromatic heterocycles. The number of rotatable bonds is 2. The molecule has 2 heteroatoms. The zero-order valence-corrected chi connectivity index (χ0v) is 11.3. The van der Waals surface area contributed by atoms with Gasteiger partial charge in [-0.15, -0.1) is 0 Å². The van der Waals surface area contributed by atoms with Crippen LogP contribution in [0.15, 0.2) is 48.5 Å². The molecule has 1 aliphatic heterocycles. The normalized spacial score (nSPS) is 16.9. The molecule has 3 rings (SSSR count). The van der Waals surface area contributed by atoms with Gasteiger partial charge in [-0.25, -0.2) is 0 Å². The first-order chi connectivity index (χ1) is 9.72. The highest BCUT2D eigenvalue weighted by Gasteiger charge is 2.14. The topological polar surface area (TPSA) is 29.5 Å². The zero-order chi connectivity index (χ0) is 13.9. The van der Waals surface area contributed by atoms with E-state index in [1.165, 1.54) is 0 Å². The summed E-state index contributed by atoms with van der Waals surface area (Å²) in [6, 6.07) is 13.8. The van der Waals surface area contributed by atoms with E-state index in [4.69, 9.17) is 4.74 Å². The summed E-state index contributed by atoms with van der Waals surface area (Å²) in [7, 11) is 0. The lowest BCUT2D eigenvalue weighted by Crippen LogP contribution is -2.12. The number of ether oxygens (including phenoxy) is 1. The van der Waals surface area contributed by atoms with Gasteiger partial charge in [0.1, 0.15) is 17.6 Å². The van der Waals surface area contributed by atoms with Crippen LogP contribution in [0.4, 0.5) is 0 Å². The molecule has 2 aromatic rings. The molecule has 0 radical (unpaired) electrons. The van der Waals surface area contributed by atoms with Crippen LogP contribution in [0.3, 0.4) is 0 Å².